The standard InChI is InChI=1S/C10H16N6O/c1-10(2,3)5(11)7-13-4-6(14-7)15-9(12)16-8(4)17/h5H,11H2,1-3H3,(H4,12,13,14,15,16,17). The summed E-state index contributed by atoms with van der Waals surface area (Å²) in [7, 11) is 0. The van der Waals surface area contributed by atoms with Crippen molar-refractivity contribution in [1.29, 1.82) is 0 Å². The summed E-state index contributed by atoms with van der Waals surface area (Å²) in [4.78, 5) is 25.1. The fraction of sp³-hybridized carbons (Fsp3) is 0.500. The van der Waals surface area contributed by atoms with Gasteiger partial charge in [0, 0.05) is 0 Å². The number of aromatic amines is 2. The van der Waals surface area contributed by atoms with Crippen LogP contribution < -0.4 is 17.0 Å². The van der Waals surface area contributed by atoms with E-state index in [2.05, 4.69) is 19.9 Å². The molecule has 0 aliphatic rings. The van der Waals surface area contributed by atoms with Gasteiger partial charge in [-0.15, -0.1) is 0 Å². The number of H-pyrrole nitrogens is 2. The molecule has 2 aromatic rings. The molecule has 0 bridgehead atoms. The number of nitrogens with zero attached hydrogens (tertiary/aromatic N) is 2. The minimum absolute atomic E-state index is 0.0462. The van der Waals surface area contributed by atoms with Crippen LogP contribution in [0.25, 0.3) is 11.2 Å². The Morgan fingerprint density at radius 2 is 1.88 bits per heavy atom. The van der Waals surface area contributed by atoms with Gasteiger partial charge < -0.3 is 16.5 Å². The predicted octanol–water partition coefficient (Wildman–Crippen LogP) is 0.274. The van der Waals surface area contributed by atoms with Gasteiger partial charge in [-0.1, -0.05) is 20.8 Å². The van der Waals surface area contributed by atoms with E-state index in [0.717, 1.165) is 0 Å². The van der Waals surface area contributed by atoms with Crippen molar-refractivity contribution in [2.75, 3.05) is 5.73 Å². The lowest BCUT2D eigenvalue weighted by Crippen LogP contribution is -2.27. The Morgan fingerprint density at radius 3 is 2.47 bits per heavy atom. The van der Waals surface area contributed by atoms with Crippen molar-refractivity contribution in [2.45, 2.75) is 26.8 Å². The third kappa shape index (κ3) is 2.01. The van der Waals surface area contributed by atoms with E-state index < -0.39 is 0 Å². The SMILES string of the molecule is CC(C)(C)C(N)c1nc2nc(N)[nH]c(=O)c2[nH]1. The Labute approximate surface area is 97.6 Å². The van der Waals surface area contributed by atoms with E-state index in [1.54, 1.807) is 0 Å². The Morgan fingerprint density at radius 1 is 1.24 bits per heavy atom. The third-order valence-electron chi connectivity index (χ3n) is 2.63. The van der Waals surface area contributed by atoms with Crippen LogP contribution in [0.15, 0.2) is 4.79 Å². The van der Waals surface area contributed by atoms with E-state index in [9.17, 15) is 4.79 Å². The van der Waals surface area contributed by atoms with Crippen molar-refractivity contribution in [2.24, 2.45) is 11.1 Å². The predicted molar refractivity (Wildman–Crippen MR) is 65.3 cm³/mol. The van der Waals surface area contributed by atoms with Crippen molar-refractivity contribution < 1.29 is 0 Å². The number of aromatic nitrogens is 4. The zero-order valence-electron chi connectivity index (χ0n) is 10.0. The summed E-state index contributed by atoms with van der Waals surface area (Å²) in [6.45, 7) is 5.99. The van der Waals surface area contributed by atoms with E-state index in [1.807, 2.05) is 20.8 Å². The molecule has 92 valence electrons. The molecule has 0 radical (unpaired) electrons. The molecule has 0 fully saturated rings. The fourth-order valence-corrected chi connectivity index (χ4v) is 1.50. The first kappa shape index (κ1) is 11.6. The number of imidazole rings is 1. The summed E-state index contributed by atoms with van der Waals surface area (Å²) in [5, 5.41) is 0. The molecule has 0 amide bonds. The summed E-state index contributed by atoms with van der Waals surface area (Å²) >= 11 is 0. The minimum Gasteiger partial charge on any atom is -0.369 e. The zero-order valence-corrected chi connectivity index (χ0v) is 10.0. The highest BCUT2D eigenvalue weighted by Gasteiger charge is 2.25. The molecule has 0 saturated carbocycles. The second-order valence-corrected chi connectivity index (χ2v) is 5.12. The third-order valence-corrected chi connectivity index (χ3v) is 2.63. The zero-order chi connectivity index (χ0) is 12.8. The Hall–Kier alpha value is -1.89. The van der Waals surface area contributed by atoms with Crippen LogP contribution in [-0.4, -0.2) is 19.9 Å². The normalized spacial score (nSPS) is 14.1. The molecule has 2 heterocycles. The van der Waals surface area contributed by atoms with E-state index in [4.69, 9.17) is 11.5 Å². The first-order chi connectivity index (χ1) is 7.79. The molecule has 0 spiro atoms. The number of nitrogens with one attached hydrogen (secondary N) is 2. The molecular weight excluding hydrogens is 220 g/mol. The summed E-state index contributed by atoms with van der Waals surface area (Å²) < 4.78 is 0. The average Bonchev–Trinajstić information content (AvgIpc) is 2.58. The number of fused-ring (bicyclic) bond motifs is 1. The number of rotatable bonds is 1. The molecule has 1 unspecified atom stereocenters. The largest absolute Gasteiger partial charge is 0.369 e. The lowest BCUT2D eigenvalue weighted by molar-refractivity contribution is 0.317. The summed E-state index contributed by atoms with van der Waals surface area (Å²) in [6.07, 6.45) is 0. The topological polar surface area (TPSA) is 126 Å². The van der Waals surface area contributed by atoms with Crippen molar-refractivity contribution in [3.05, 3.63) is 16.2 Å². The lowest BCUT2D eigenvalue weighted by Gasteiger charge is -2.24. The Bertz CT molecular complexity index is 605. The monoisotopic (exact) mass is 236 g/mol. The average molecular weight is 236 g/mol. The van der Waals surface area contributed by atoms with Crippen LogP contribution in [0.2, 0.25) is 0 Å². The van der Waals surface area contributed by atoms with Gasteiger partial charge in [0.25, 0.3) is 5.56 Å². The summed E-state index contributed by atoms with van der Waals surface area (Å²) in [6, 6.07) is -0.308. The quantitative estimate of drug-likeness (QED) is 0.565. The molecule has 0 aliphatic carbocycles. The number of anilines is 1. The first-order valence-electron chi connectivity index (χ1n) is 5.30. The summed E-state index contributed by atoms with van der Waals surface area (Å²) in [5.74, 6) is 0.584. The van der Waals surface area contributed by atoms with Crippen LogP contribution >= 0.6 is 0 Å². The van der Waals surface area contributed by atoms with Crippen molar-refractivity contribution in [3.8, 4) is 0 Å². The molecule has 2 rings (SSSR count). The molecular formula is C10H16N6O. The van der Waals surface area contributed by atoms with Gasteiger partial charge in [-0.2, -0.15) is 4.98 Å². The van der Waals surface area contributed by atoms with E-state index in [-0.39, 0.29) is 23.0 Å². The summed E-state index contributed by atoms with van der Waals surface area (Å²) in [5.41, 5.74) is 11.6. The molecule has 2 aromatic heterocycles. The molecule has 0 saturated heterocycles. The molecule has 1 atom stereocenters. The van der Waals surface area contributed by atoms with Crippen LogP contribution in [0.4, 0.5) is 5.95 Å². The highest BCUT2D eigenvalue weighted by molar-refractivity contribution is 5.70. The Kier molecular flexibility index (Phi) is 2.43. The Balaban J connectivity index is 2.60. The number of hydrogen-bond acceptors (Lipinski definition) is 5. The van der Waals surface area contributed by atoms with Gasteiger partial charge in [-0.25, -0.2) is 4.98 Å². The maximum atomic E-state index is 11.6. The van der Waals surface area contributed by atoms with Crippen molar-refractivity contribution >= 4 is 17.1 Å². The highest BCUT2D eigenvalue weighted by atomic mass is 16.1. The fourth-order valence-electron chi connectivity index (χ4n) is 1.50. The second kappa shape index (κ2) is 3.56. The number of nitrogen functional groups attached to an aromatic ring is 1. The molecule has 7 heteroatoms. The molecule has 7 nitrogen and oxygen atoms in total. The van der Waals surface area contributed by atoms with Crippen LogP contribution in [0.5, 0.6) is 0 Å². The van der Waals surface area contributed by atoms with E-state index in [0.29, 0.717) is 17.0 Å². The highest BCUT2D eigenvalue weighted by Crippen LogP contribution is 2.29. The van der Waals surface area contributed by atoms with Crippen molar-refractivity contribution in [1.82, 2.24) is 19.9 Å². The second-order valence-electron chi connectivity index (χ2n) is 5.12. The maximum Gasteiger partial charge on any atom is 0.278 e. The minimum atomic E-state index is -0.340. The van der Waals surface area contributed by atoms with Gasteiger partial charge in [0.15, 0.2) is 11.2 Å². The smallest absolute Gasteiger partial charge is 0.278 e. The van der Waals surface area contributed by atoms with Crippen molar-refractivity contribution in [3.63, 3.8) is 0 Å². The lowest BCUT2D eigenvalue weighted by atomic mass is 9.87. The van der Waals surface area contributed by atoms with Gasteiger partial charge >= 0.3 is 0 Å². The van der Waals surface area contributed by atoms with Gasteiger partial charge in [-0.05, 0) is 5.41 Å². The van der Waals surface area contributed by atoms with Gasteiger partial charge in [0.2, 0.25) is 5.95 Å². The maximum absolute atomic E-state index is 11.6. The van der Waals surface area contributed by atoms with E-state index >= 15 is 0 Å². The first-order valence-corrected chi connectivity index (χ1v) is 5.30. The van der Waals surface area contributed by atoms with Crippen LogP contribution in [0.3, 0.4) is 0 Å². The molecule has 0 aliphatic heterocycles. The van der Waals surface area contributed by atoms with E-state index in [1.165, 1.54) is 0 Å². The van der Waals surface area contributed by atoms with Crippen LogP contribution in [0, 0.1) is 5.41 Å². The van der Waals surface area contributed by atoms with Crippen LogP contribution in [-0.2, 0) is 0 Å². The van der Waals surface area contributed by atoms with Gasteiger partial charge in [0.1, 0.15) is 5.82 Å². The van der Waals surface area contributed by atoms with Gasteiger partial charge in [0.05, 0.1) is 6.04 Å². The molecule has 6 N–H and O–H groups in total. The van der Waals surface area contributed by atoms with Gasteiger partial charge in [-0.3, -0.25) is 9.78 Å². The molecule has 0 aromatic carbocycles. The number of nitrogens with two attached hydrogens (primary N) is 2. The van der Waals surface area contributed by atoms with Crippen LogP contribution in [0.1, 0.15) is 32.6 Å². The molecule has 17 heavy (non-hydrogen) atoms. The number of hydrogen-bond donors (Lipinski definition) is 4.